The van der Waals surface area contributed by atoms with Crippen LogP contribution in [0, 0.1) is 0 Å². The smallest absolute Gasteiger partial charge is 0.159 e. The number of hydrogen-bond acceptors (Lipinski definition) is 3. The predicted molar refractivity (Wildman–Crippen MR) is 109 cm³/mol. The highest BCUT2D eigenvalue weighted by atomic mass is 35.5. The van der Waals surface area contributed by atoms with Gasteiger partial charge in [-0.25, -0.2) is 9.97 Å². The average Bonchev–Trinajstić information content (AvgIpc) is 3.18. The van der Waals surface area contributed by atoms with Crippen LogP contribution in [0.3, 0.4) is 0 Å². The summed E-state index contributed by atoms with van der Waals surface area (Å²) in [6.07, 6.45) is 4.97. The van der Waals surface area contributed by atoms with Crippen molar-refractivity contribution in [2.75, 3.05) is 6.54 Å². The van der Waals surface area contributed by atoms with E-state index in [1.54, 1.807) is 0 Å². The standard InChI is InChI=1S/C22H19ClN4/c23-19-6-4-16(5-7-19)22-25-12-17-9-11-27(14-20(17)26-22)13-18-3-1-2-15-8-10-24-21(15)18/h1-8,10,12,24H,9,11,13-14H2. The van der Waals surface area contributed by atoms with Gasteiger partial charge in [-0.05, 0) is 53.3 Å². The molecule has 5 rings (SSSR count). The van der Waals surface area contributed by atoms with Gasteiger partial charge >= 0.3 is 0 Å². The van der Waals surface area contributed by atoms with Gasteiger partial charge in [0, 0.05) is 48.1 Å². The van der Waals surface area contributed by atoms with Crippen molar-refractivity contribution < 1.29 is 0 Å². The van der Waals surface area contributed by atoms with E-state index in [2.05, 4.69) is 39.1 Å². The third-order valence-electron chi connectivity index (χ3n) is 5.19. The molecule has 0 atom stereocenters. The molecule has 0 fully saturated rings. The topological polar surface area (TPSA) is 44.8 Å². The fourth-order valence-corrected chi connectivity index (χ4v) is 3.88. The third-order valence-corrected chi connectivity index (χ3v) is 5.45. The van der Waals surface area contributed by atoms with Crippen molar-refractivity contribution in [2.24, 2.45) is 0 Å². The summed E-state index contributed by atoms with van der Waals surface area (Å²) in [5.41, 5.74) is 5.93. The van der Waals surface area contributed by atoms with E-state index in [9.17, 15) is 0 Å². The van der Waals surface area contributed by atoms with E-state index in [1.165, 1.54) is 22.0 Å². The Bertz CT molecular complexity index is 1100. The fraction of sp³-hybridized carbons (Fsp3) is 0.182. The minimum Gasteiger partial charge on any atom is -0.361 e. The highest BCUT2D eigenvalue weighted by Crippen LogP contribution is 2.25. The molecule has 0 radical (unpaired) electrons. The second kappa shape index (κ2) is 6.80. The summed E-state index contributed by atoms with van der Waals surface area (Å²) in [5, 5.41) is 1.98. The number of nitrogens with one attached hydrogen (secondary N) is 1. The first-order chi connectivity index (χ1) is 13.3. The van der Waals surface area contributed by atoms with Gasteiger partial charge in [0.2, 0.25) is 0 Å². The summed E-state index contributed by atoms with van der Waals surface area (Å²) in [7, 11) is 0. The molecule has 1 aliphatic heterocycles. The zero-order chi connectivity index (χ0) is 18.2. The van der Waals surface area contributed by atoms with Crippen molar-refractivity contribution in [1.82, 2.24) is 19.9 Å². The van der Waals surface area contributed by atoms with E-state index in [1.807, 2.05) is 36.7 Å². The van der Waals surface area contributed by atoms with E-state index >= 15 is 0 Å². The number of para-hydroxylation sites is 1. The Hall–Kier alpha value is -2.69. The first kappa shape index (κ1) is 16.5. The molecule has 27 heavy (non-hydrogen) atoms. The van der Waals surface area contributed by atoms with Crippen LogP contribution in [0.1, 0.15) is 16.8 Å². The van der Waals surface area contributed by atoms with Crippen molar-refractivity contribution >= 4 is 22.5 Å². The minimum absolute atomic E-state index is 0.723. The number of hydrogen-bond donors (Lipinski definition) is 1. The normalized spacial score (nSPS) is 14.4. The largest absolute Gasteiger partial charge is 0.361 e. The molecule has 2 aromatic carbocycles. The number of halogens is 1. The van der Waals surface area contributed by atoms with Gasteiger partial charge in [0.1, 0.15) is 0 Å². The van der Waals surface area contributed by atoms with Crippen LogP contribution in [0.15, 0.2) is 60.9 Å². The minimum atomic E-state index is 0.723. The SMILES string of the molecule is Clc1ccc(-c2ncc3c(n2)CN(Cc2cccc4cc[nH]c24)CC3)cc1. The molecule has 0 unspecified atom stereocenters. The van der Waals surface area contributed by atoms with Crippen molar-refractivity contribution in [3.05, 3.63) is 82.8 Å². The van der Waals surface area contributed by atoms with E-state index in [4.69, 9.17) is 16.6 Å². The van der Waals surface area contributed by atoms with Gasteiger partial charge in [-0.1, -0.05) is 29.8 Å². The molecule has 0 aliphatic carbocycles. The summed E-state index contributed by atoms with van der Waals surface area (Å²) < 4.78 is 0. The molecule has 0 amide bonds. The van der Waals surface area contributed by atoms with Crippen LogP contribution >= 0.6 is 11.6 Å². The van der Waals surface area contributed by atoms with Crippen LogP contribution in [-0.4, -0.2) is 26.4 Å². The molecule has 1 aliphatic rings. The lowest BCUT2D eigenvalue weighted by Gasteiger charge is -2.28. The van der Waals surface area contributed by atoms with Gasteiger partial charge in [-0.15, -0.1) is 0 Å². The second-order valence-corrected chi connectivity index (χ2v) is 7.43. The van der Waals surface area contributed by atoms with Crippen molar-refractivity contribution in [1.29, 1.82) is 0 Å². The molecular formula is C22H19ClN4. The first-order valence-corrected chi connectivity index (χ1v) is 9.52. The van der Waals surface area contributed by atoms with E-state index in [0.29, 0.717) is 0 Å². The van der Waals surface area contributed by atoms with E-state index in [-0.39, 0.29) is 0 Å². The lowest BCUT2D eigenvalue weighted by atomic mass is 10.0. The molecule has 0 saturated heterocycles. The Balaban J connectivity index is 1.41. The summed E-state index contributed by atoms with van der Waals surface area (Å²) >= 11 is 5.99. The Labute approximate surface area is 162 Å². The number of rotatable bonds is 3. The summed E-state index contributed by atoms with van der Waals surface area (Å²) in [4.78, 5) is 15.2. The van der Waals surface area contributed by atoms with Gasteiger partial charge < -0.3 is 4.98 Å². The number of aromatic amines is 1. The molecule has 3 heterocycles. The number of fused-ring (bicyclic) bond motifs is 2. The lowest BCUT2D eigenvalue weighted by Crippen LogP contribution is -2.31. The molecule has 0 bridgehead atoms. The Morgan fingerprint density at radius 3 is 2.85 bits per heavy atom. The number of aromatic nitrogens is 3. The summed E-state index contributed by atoms with van der Waals surface area (Å²) in [5.74, 6) is 0.763. The lowest BCUT2D eigenvalue weighted by molar-refractivity contribution is 0.242. The summed E-state index contributed by atoms with van der Waals surface area (Å²) in [6, 6.07) is 16.3. The van der Waals surface area contributed by atoms with E-state index < -0.39 is 0 Å². The highest BCUT2D eigenvalue weighted by molar-refractivity contribution is 6.30. The fourth-order valence-electron chi connectivity index (χ4n) is 3.75. The van der Waals surface area contributed by atoms with Gasteiger partial charge in [-0.2, -0.15) is 0 Å². The third kappa shape index (κ3) is 3.22. The number of H-pyrrole nitrogens is 1. The van der Waals surface area contributed by atoms with Crippen molar-refractivity contribution in [3.8, 4) is 11.4 Å². The maximum atomic E-state index is 5.99. The van der Waals surface area contributed by atoms with Crippen LogP contribution in [0.4, 0.5) is 0 Å². The average molecular weight is 375 g/mol. The van der Waals surface area contributed by atoms with Crippen LogP contribution < -0.4 is 0 Å². The zero-order valence-corrected chi connectivity index (χ0v) is 15.6. The van der Waals surface area contributed by atoms with Gasteiger partial charge in [0.25, 0.3) is 0 Å². The van der Waals surface area contributed by atoms with Gasteiger partial charge in [-0.3, -0.25) is 4.90 Å². The number of nitrogens with zero attached hydrogens (tertiary/aromatic N) is 3. The number of benzene rings is 2. The maximum absolute atomic E-state index is 5.99. The van der Waals surface area contributed by atoms with Crippen LogP contribution in [0.2, 0.25) is 5.02 Å². The highest BCUT2D eigenvalue weighted by Gasteiger charge is 2.19. The zero-order valence-electron chi connectivity index (χ0n) is 14.8. The molecule has 2 aromatic heterocycles. The predicted octanol–water partition coefficient (Wildman–Crippen LogP) is 4.84. The second-order valence-electron chi connectivity index (χ2n) is 6.99. The first-order valence-electron chi connectivity index (χ1n) is 9.14. The monoisotopic (exact) mass is 374 g/mol. The van der Waals surface area contributed by atoms with E-state index in [0.717, 1.165) is 48.2 Å². The molecule has 4 aromatic rings. The molecular weight excluding hydrogens is 356 g/mol. The van der Waals surface area contributed by atoms with Gasteiger partial charge in [0.15, 0.2) is 5.82 Å². The molecule has 0 saturated carbocycles. The van der Waals surface area contributed by atoms with Crippen LogP contribution in [0.25, 0.3) is 22.3 Å². The van der Waals surface area contributed by atoms with Crippen LogP contribution in [-0.2, 0) is 19.5 Å². The summed E-state index contributed by atoms with van der Waals surface area (Å²) in [6.45, 7) is 2.78. The van der Waals surface area contributed by atoms with Crippen molar-refractivity contribution in [2.45, 2.75) is 19.5 Å². The van der Waals surface area contributed by atoms with Gasteiger partial charge in [0.05, 0.1) is 5.69 Å². The Kier molecular flexibility index (Phi) is 4.15. The molecule has 0 spiro atoms. The Morgan fingerprint density at radius 1 is 1.07 bits per heavy atom. The molecule has 5 heteroatoms. The molecule has 4 nitrogen and oxygen atoms in total. The van der Waals surface area contributed by atoms with Crippen molar-refractivity contribution in [3.63, 3.8) is 0 Å². The quantitative estimate of drug-likeness (QED) is 0.558. The molecule has 1 N–H and O–H groups in total. The molecule has 134 valence electrons. The maximum Gasteiger partial charge on any atom is 0.159 e. The van der Waals surface area contributed by atoms with Crippen LogP contribution in [0.5, 0.6) is 0 Å². The Morgan fingerprint density at radius 2 is 1.96 bits per heavy atom.